The van der Waals surface area contributed by atoms with Gasteiger partial charge >= 0.3 is 0 Å². The van der Waals surface area contributed by atoms with E-state index in [1.807, 2.05) is 0 Å². The molecular formula is C6H12Cl2Si. The smallest absolute Gasteiger partial charge is 0.140 e. The van der Waals surface area contributed by atoms with E-state index >= 15 is 0 Å². The molecule has 0 unspecified atom stereocenters. The van der Waals surface area contributed by atoms with Crippen molar-refractivity contribution in [3.63, 3.8) is 0 Å². The van der Waals surface area contributed by atoms with E-state index in [0.717, 1.165) is 18.9 Å². The number of hydrogen-bond acceptors (Lipinski definition) is 0. The quantitative estimate of drug-likeness (QED) is 0.462. The highest BCUT2D eigenvalue weighted by molar-refractivity contribution is 7.47. The van der Waals surface area contributed by atoms with Crippen LogP contribution in [0.15, 0.2) is 12.3 Å². The molecular weight excluding hydrogens is 171 g/mol. The SMILES string of the molecule is C=C[Si](Cl)(Cl)CCCC. The minimum absolute atomic E-state index is 0.941. The van der Waals surface area contributed by atoms with Crippen LogP contribution in [0.2, 0.25) is 6.04 Å². The van der Waals surface area contributed by atoms with Crippen molar-refractivity contribution in [2.45, 2.75) is 25.8 Å². The molecule has 0 aromatic rings. The normalized spacial score (nSPS) is 11.4. The molecule has 0 aromatic carbocycles. The third kappa shape index (κ3) is 5.01. The van der Waals surface area contributed by atoms with Crippen molar-refractivity contribution < 1.29 is 0 Å². The van der Waals surface area contributed by atoms with Crippen molar-refractivity contribution in [1.29, 1.82) is 0 Å². The standard InChI is InChI=1S/C6H12Cl2Si/c1-3-5-6-9(7,8)4-2/h4H,2-3,5-6H2,1H3. The van der Waals surface area contributed by atoms with E-state index < -0.39 is 6.69 Å². The zero-order valence-corrected chi connectivity index (χ0v) is 8.17. The zero-order valence-electron chi connectivity index (χ0n) is 5.66. The molecule has 0 fully saturated rings. The van der Waals surface area contributed by atoms with Gasteiger partial charge in [0.15, 0.2) is 0 Å². The van der Waals surface area contributed by atoms with Crippen LogP contribution >= 0.6 is 22.2 Å². The molecule has 0 spiro atoms. The van der Waals surface area contributed by atoms with Gasteiger partial charge in [0, 0.05) is 0 Å². The molecule has 0 N–H and O–H groups in total. The Bertz CT molecular complexity index is 91.1. The molecule has 0 aliphatic carbocycles. The lowest BCUT2D eigenvalue weighted by molar-refractivity contribution is 0.878. The second-order valence-electron chi connectivity index (χ2n) is 2.07. The lowest BCUT2D eigenvalue weighted by Crippen LogP contribution is -2.13. The first kappa shape index (κ1) is 9.54. The Labute approximate surface area is 67.3 Å². The molecule has 0 aliphatic heterocycles. The van der Waals surface area contributed by atoms with Crippen LogP contribution in [0.5, 0.6) is 0 Å². The number of halogens is 2. The third-order valence-electron chi connectivity index (χ3n) is 1.16. The summed E-state index contributed by atoms with van der Waals surface area (Å²) in [6, 6.07) is 0.941. The van der Waals surface area contributed by atoms with Crippen LogP contribution in [0.25, 0.3) is 0 Å². The first-order valence-electron chi connectivity index (χ1n) is 3.14. The highest BCUT2D eigenvalue weighted by Gasteiger charge is 2.21. The monoisotopic (exact) mass is 182 g/mol. The molecule has 0 rings (SSSR count). The van der Waals surface area contributed by atoms with Crippen LogP contribution in [0.3, 0.4) is 0 Å². The molecule has 0 atom stereocenters. The molecule has 0 aliphatic rings. The van der Waals surface area contributed by atoms with Gasteiger partial charge in [-0.05, 0) is 6.04 Å². The van der Waals surface area contributed by atoms with E-state index in [9.17, 15) is 0 Å². The van der Waals surface area contributed by atoms with Crippen molar-refractivity contribution >= 4 is 28.9 Å². The molecule has 0 heterocycles. The fourth-order valence-electron chi connectivity index (χ4n) is 0.515. The molecule has 0 radical (unpaired) electrons. The maximum atomic E-state index is 5.89. The van der Waals surface area contributed by atoms with Crippen LogP contribution < -0.4 is 0 Å². The molecule has 9 heavy (non-hydrogen) atoms. The van der Waals surface area contributed by atoms with Gasteiger partial charge in [0.2, 0.25) is 0 Å². The Morgan fingerprint density at radius 1 is 1.56 bits per heavy atom. The van der Waals surface area contributed by atoms with Crippen molar-refractivity contribution in [2.75, 3.05) is 0 Å². The van der Waals surface area contributed by atoms with Gasteiger partial charge in [0.25, 0.3) is 6.69 Å². The minimum Gasteiger partial charge on any atom is -0.140 e. The summed E-state index contributed by atoms with van der Waals surface area (Å²) in [6.45, 7) is 3.72. The lowest BCUT2D eigenvalue weighted by atomic mass is 10.4. The van der Waals surface area contributed by atoms with Crippen molar-refractivity contribution in [1.82, 2.24) is 0 Å². The van der Waals surface area contributed by atoms with E-state index in [1.165, 1.54) is 0 Å². The average molecular weight is 183 g/mol. The molecule has 0 nitrogen and oxygen atoms in total. The largest absolute Gasteiger partial charge is 0.273 e. The molecule has 0 amide bonds. The van der Waals surface area contributed by atoms with E-state index in [2.05, 4.69) is 13.5 Å². The van der Waals surface area contributed by atoms with Crippen LogP contribution in [0.4, 0.5) is 0 Å². The summed E-state index contributed by atoms with van der Waals surface area (Å²) in [4.78, 5) is 0. The highest BCUT2D eigenvalue weighted by Crippen LogP contribution is 2.23. The molecule has 3 heteroatoms. The number of unbranched alkanes of at least 4 members (excludes halogenated alkanes) is 1. The predicted octanol–water partition coefficient (Wildman–Crippen LogP) is 3.43. The first-order valence-corrected chi connectivity index (χ1v) is 7.44. The van der Waals surface area contributed by atoms with Crippen molar-refractivity contribution in [3.05, 3.63) is 12.3 Å². The van der Waals surface area contributed by atoms with E-state index in [4.69, 9.17) is 22.2 Å². The summed E-state index contributed by atoms with van der Waals surface area (Å²) in [5.74, 6) is 0. The fourth-order valence-corrected chi connectivity index (χ4v) is 2.35. The molecule has 0 bridgehead atoms. The average Bonchev–Trinajstić information content (AvgIpc) is 1.84. The summed E-state index contributed by atoms with van der Waals surface area (Å²) in [5, 5.41) is 0. The maximum absolute atomic E-state index is 5.89. The van der Waals surface area contributed by atoms with Crippen LogP contribution in [-0.4, -0.2) is 6.69 Å². The zero-order chi connectivity index (χ0) is 7.33. The topological polar surface area (TPSA) is 0 Å². The molecule has 0 saturated carbocycles. The Morgan fingerprint density at radius 3 is 2.44 bits per heavy atom. The highest BCUT2D eigenvalue weighted by atomic mass is 35.7. The van der Waals surface area contributed by atoms with Gasteiger partial charge in [-0.2, -0.15) is 0 Å². The maximum Gasteiger partial charge on any atom is 0.273 e. The van der Waals surface area contributed by atoms with Crippen LogP contribution in [0.1, 0.15) is 19.8 Å². The van der Waals surface area contributed by atoms with Gasteiger partial charge in [-0.1, -0.05) is 25.5 Å². The Morgan fingerprint density at radius 2 is 2.11 bits per heavy atom. The number of rotatable bonds is 4. The van der Waals surface area contributed by atoms with Crippen LogP contribution in [-0.2, 0) is 0 Å². The van der Waals surface area contributed by atoms with Gasteiger partial charge < -0.3 is 0 Å². The minimum atomic E-state index is -1.99. The third-order valence-corrected chi connectivity index (χ3v) is 4.84. The lowest BCUT2D eigenvalue weighted by Gasteiger charge is -2.08. The van der Waals surface area contributed by atoms with E-state index in [-0.39, 0.29) is 0 Å². The number of hydrogen-bond donors (Lipinski definition) is 0. The summed E-state index contributed by atoms with van der Waals surface area (Å²) in [6.07, 6.45) is 2.27. The van der Waals surface area contributed by atoms with Gasteiger partial charge in [-0.15, -0.1) is 28.7 Å². The Hall–Kier alpha value is 0.537. The van der Waals surface area contributed by atoms with E-state index in [1.54, 1.807) is 5.70 Å². The summed E-state index contributed by atoms with van der Waals surface area (Å²) in [5.41, 5.74) is 1.71. The van der Waals surface area contributed by atoms with Crippen molar-refractivity contribution in [3.8, 4) is 0 Å². The second-order valence-corrected chi connectivity index (χ2v) is 9.13. The summed E-state index contributed by atoms with van der Waals surface area (Å²) in [7, 11) is 0. The van der Waals surface area contributed by atoms with Gasteiger partial charge in [0.05, 0.1) is 0 Å². The van der Waals surface area contributed by atoms with Gasteiger partial charge in [-0.3, -0.25) is 0 Å². The second kappa shape index (κ2) is 4.37. The fraction of sp³-hybridized carbons (Fsp3) is 0.667. The first-order chi connectivity index (χ1) is 4.12. The molecule has 0 saturated heterocycles. The predicted molar refractivity (Wildman–Crippen MR) is 47.4 cm³/mol. The Balaban J connectivity index is 3.45. The van der Waals surface area contributed by atoms with Crippen LogP contribution in [0, 0.1) is 0 Å². The van der Waals surface area contributed by atoms with E-state index in [0.29, 0.717) is 0 Å². The molecule has 0 aromatic heterocycles. The van der Waals surface area contributed by atoms with Gasteiger partial charge in [-0.25, -0.2) is 0 Å². The summed E-state index contributed by atoms with van der Waals surface area (Å²) >= 11 is 11.8. The van der Waals surface area contributed by atoms with Gasteiger partial charge in [0.1, 0.15) is 0 Å². The summed E-state index contributed by atoms with van der Waals surface area (Å²) < 4.78 is 0. The molecule has 54 valence electrons. The Kier molecular flexibility index (Phi) is 4.63. The van der Waals surface area contributed by atoms with Crippen molar-refractivity contribution in [2.24, 2.45) is 0 Å².